The van der Waals surface area contributed by atoms with E-state index in [0.29, 0.717) is 18.2 Å². The molecule has 0 aromatic carbocycles. The molecular formula is C13H23N5O3. The smallest absolute Gasteiger partial charge is 0.303 e. The van der Waals surface area contributed by atoms with E-state index in [-0.39, 0.29) is 31.3 Å². The van der Waals surface area contributed by atoms with Crippen molar-refractivity contribution in [3.63, 3.8) is 0 Å². The number of hydrogen-bond donors (Lipinski definition) is 3. The number of aliphatic carboxylic acids is 1. The molecule has 8 nitrogen and oxygen atoms in total. The molecule has 1 atom stereocenters. The number of carboxylic acids is 1. The summed E-state index contributed by atoms with van der Waals surface area (Å²) in [6.07, 6.45) is 2.43. The number of carbonyl (C=O) groups is 2. The lowest BCUT2D eigenvalue weighted by atomic mass is 9.94. The molecule has 118 valence electrons. The van der Waals surface area contributed by atoms with E-state index in [0.717, 1.165) is 6.42 Å². The standard InChI is InChI=1S/C13H23N5O3/c1-9(2)3-10(4-13(20)21)6-15-12(19)8-18-7-11(5-14)16-17-18/h7,9-10H,3-6,8,14H2,1-2H3,(H,15,19)(H,20,21)/t10-/m0/s1. The quantitative estimate of drug-likeness (QED) is 0.589. The number of nitrogens with one attached hydrogen (secondary N) is 1. The van der Waals surface area contributed by atoms with E-state index >= 15 is 0 Å². The molecule has 0 bridgehead atoms. The first-order chi connectivity index (χ1) is 9.90. The highest BCUT2D eigenvalue weighted by Gasteiger charge is 2.16. The molecule has 1 rings (SSSR count). The van der Waals surface area contributed by atoms with Gasteiger partial charge in [0.05, 0.1) is 11.9 Å². The average molecular weight is 297 g/mol. The summed E-state index contributed by atoms with van der Waals surface area (Å²) in [5.74, 6) is -0.753. The van der Waals surface area contributed by atoms with Crippen LogP contribution in [0.3, 0.4) is 0 Å². The molecule has 0 fully saturated rings. The minimum absolute atomic E-state index is 0.0501. The van der Waals surface area contributed by atoms with Crippen molar-refractivity contribution >= 4 is 11.9 Å². The SMILES string of the molecule is CC(C)C[C@H](CNC(=O)Cn1cc(CN)nn1)CC(=O)O. The number of amides is 1. The van der Waals surface area contributed by atoms with Gasteiger partial charge in [-0.1, -0.05) is 19.1 Å². The van der Waals surface area contributed by atoms with Crippen LogP contribution in [0.2, 0.25) is 0 Å². The van der Waals surface area contributed by atoms with Gasteiger partial charge >= 0.3 is 5.97 Å². The number of nitrogens with zero attached hydrogens (tertiary/aromatic N) is 3. The number of carboxylic acid groups (broad SMARTS) is 1. The van der Waals surface area contributed by atoms with E-state index in [1.54, 1.807) is 6.20 Å². The van der Waals surface area contributed by atoms with Gasteiger partial charge < -0.3 is 16.2 Å². The molecule has 0 unspecified atom stereocenters. The summed E-state index contributed by atoms with van der Waals surface area (Å²) in [6.45, 7) is 4.73. The molecule has 21 heavy (non-hydrogen) atoms. The Morgan fingerprint density at radius 3 is 2.71 bits per heavy atom. The van der Waals surface area contributed by atoms with Crippen LogP contribution in [-0.4, -0.2) is 38.5 Å². The van der Waals surface area contributed by atoms with E-state index in [4.69, 9.17) is 10.8 Å². The van der Waals surface area contributed by atoms with E-state index < -0.39 is 5.97 Å². The first-order valence-corrected chi connectivity index (χ1v) is 6.98. The lowest BCUT2D eigenvalue weighted by molar-refractivity contribution is -0.138. The first kappa shape index (κ1) is 17.1. The lowest BCUT2D eigenvalue weighted by Gasteiger charge is -2.17. The van der Waals surface area contributed by atoms with Gasteiger partial charge in [0.25, 0.3) is 0 Å². The minimum atomic E-state index is -0.848. The Morgan fingerprint density at radius 1 is 1.48 bits per heavy atom. The molecule has 0 saturated heterocycles. The highest BCUT2D eigenvalue weighted by molar-refractivity contribution is 5.75. The van der Waals surface area contributed by atoms with Crippen molar-refractivity contribution in [2.75, 3.05) is 6.54 Å². The summed E-state index contributed by atoms with van der Waals surface area (Å²) in [5.41, 5.74) is 6.03. The fourth-order valence-electron chi connectivity index (χ4n) is 2.12. The molecule has 0 aliphatic heterocycles. The van der Waals surface area contributed by atoms with Crippen LogP contribution in [0.25, 0.3) is 0 Å². The van der Waals surface area contributed by atoms with Crippen molar-refractivity contribution in [2.45, 2.75) is 39.8 Å². The van der Waals surface area contributed by atoms with Crippen LogP contribution in [0.1, 0.15) is 32.4 Å². The van der Waals surface area contributed by atoms with E-state index in [1.807, 2.05) is 13.8 Å². The van der Waals surface area contributed by atoms with Crippen molar-refractivity contribution in [2.24, 2.45) is 17.6 Å². The zero-order valence-electron chi connectivity index (χ0n) is 12.5. The molecule has 8 heteroatoms. The topological polar surface area (TPSA) is 123 Å². The van der Waals surface area contributed by atoms with Crippen molar-refractivity contribution in [3.05, 3.63) is 11.9 Å². The van der Waals surface area contributed by atoms with Gasteiger partial charge in [0, 0.05) is 19.5 Å². The molecule has 1 aromatic rings. The Balaban J connectivity index is 2.42. The summed E-state index contributed by atoms with van der Waals surface area (Å²) in [4.78, 5) is 22.6. The van der Waals surface area contributed by atoms with Crippen molar-refractivity contribution < 1.29 is 14.7 Å². The number of carbonyl (C=O) groups excluding carboxylic acids is 1. The summed E-state index contributed by atoms with van der Waals surface area (Å²) >= 11 is 0. The second-order valence-electron chi connectivity index (χ2n) is 5.51. The van der Waals surface area contributed by atoms with Crippen molar-refractivity contribution in [3.8, 4) is 0 Å². The maximum atomic E-state index is 11.8. The van der Waals surface area contributed by atoms with Crippen molar-refractivity contribution in [1.82, 2.24) is 20.3 Å². The molecule has 0 aliphatic carbocycles. The largest absolute Gasteiger partial charge is 0.481 e. The number of nitrogens with two attached hydrogens (primary N) is 1. The van der Waals surface area contributed by atoms with Crippen LogP contribution < -0.4 is 11.1 Å². The van der Waals surface area contributed by atoms with Gasteiger partial charge in [0.15, 0.2) is 0 Å². The highest BCUT2D eigenvalue weighted by Crippen LogP contribution is 2.14. The molecule has 1 aromatic heterocycles. The molecule has 1 amide bonds. The number of hydrogen-bond acceptors (Lipinski definition) is 5. The van der Waals surface area contributed by atoms with E-state index in [2.05, 4.69) is 15.6 Å². The van der Waals surface area contributed by atoms with Crippen LogP contribution in [0.15, 0.2) is 6.20 Å². The third kappa shape index (κ3) is 6.84. The number of rotatable bonds is 9. The minimum Gasteiger partial charge on any atom is -0.481 e. The molecule has 0 saturated carbocycles. The Morgan fingerprint density at radius 2 is 2.19 bits per heavy atom. The van der Waals surface area contributed by atoms with Crippen LogP contribution in [0.4, 0.5) is 0 Å². The predicted octanol–water partition coefficient (Wildman–Crippen LogP) is -0.01000. The average Bonchev–Trinajstić information content (AvgIpc) is 2.82. The fourth-order valence-corrected chi connectivity index (χ4v) is 2.12. The predicted molar refractivity (Wildman–Crippen MR) is 76.1 cm³/mol. The Hall–Kier alpha value is -1.96. The zero-order valence-corrected chi connectivity index (χ0v) is 12.5. The molecule has 1 heterocycles. The van der Waals surface area contributed by atoms with Gasteiger partial charge in [-0.3, -0.25) is 9.59 Å². The third-order valence-corrected chi connectivity index (χ3v) is 2.96. The van der Waals surface area contributed by atoms with Gasteiger partial charge in [-0.15, -0.1) is 5.10 Å². The zero-order chi connectivity index (χ0) is 15.8. The molecule has 4 N–H and O–H groups in total. The number of aromatic nitrogens is 3. The van der Waals surface area contributed by atoms with Crippen LogP contribution in [0.5, 0.6) is 0 Å². The second-order valence-corrected chi connectivity index (χ2v) is 5.51. The summed E-state index contributed by atoms with van der Waals surface area (Å²) in [5, 5.41) is 19.2. The van der Waals surface area contributed by atoms with Crippen LogP contribution in [0, 0.1) is 11.8 Å². The maximum absolute atomic E-state index is 11.8. The van der Waals surface area contributed by atoms with Gasteiger partial charge in [0.2, 0.25) is 5.91 Å². The molecular weight excluding hydrogens is 274 g/mol. The summed E-state index contributed by atoms with van der Waals surface area (Å²) in [6, 6.07) is 0. The molecule has 0 aliphatic rings. The fraction of sp³-hybridized carbons (Fsp3) is 0.692. The van der Waals surface area contributed by atoms with Gasteiger partial charge in [-0.25, -0.2) is 4.68 Å². The van der Waals surface area contributed by atoms with E-state index in [9.17, 15) is 9.59 Å². The molecule has 0 spiro atoms. The third-order valence-electron chi connectivity index (χ3n) is 2.96. The van der Waals surface area contributed by atoms with Crippen molar-refractivity contribution in [1.29, 1.82) is 0 Å². The normalized spacial score (nSPS) is 12.4. The van der Waals surface area contributed by atoms with Gasteiger partial charge in [-0.05, 0) is 18.3 Å². The van der Waals surface area contributed by atoms with Gasteiger partial charge in [0.1, 0.15) is 6.54 Å². The van der Waals surface area contributed by atoms with E-state index in [1.165, 1.54) is 4.68 Å². The lowest BCUT2D eigenvalue weighted by Crippen LogP contribution is -2.33. The Kier molecular flexibility index (Phi) is 6.80. The maximum Gasteiger partial charge on any atom is 0.303 e. The Bertz CT molecular complexity index is 472. The van der Waals surface area contributed by atoms with Crippen LogP contribution in [-0.2, 0) is 22.7 Å². The summed E-state index contributed by atoms with van der Waals surface area (Å²) in [7, 11) is 0. The summed E-state index contributed by atoms with van der Waals surface area (Å²) < 4.78 is 1.41. The molecule has 0 radical (unpaired) electrons. The van der Waals surface area contributed by atoms with Gasteiger partial charge in [-0.2, -0.15) is 0 Å². The second kappa shape index (κ2) is 8.35. The van der Waals surface area contributed by atoms with Crippen LogP contribution >= 0.6 is 0 Å². The first-order valence-electron chi connectivity index (χ1n) is 6.98. The highest BCUT2D eigenvalue weighted by atomic mass is 16.4. The Labute approximate surface area is 123 Å². The monoisotopic (exact) mass is 297 g/mol.